The fourth-order valence-electron chi connectivity index (χ4n) is 2.70. The Hall–Kier alpha value is -2.25. The molecule has 0 saturated carbocycles. The average molecular weight is 302 g/mol. The van der Waals surface area contributed by atoms with Crippen molar-refractivity contribution < 1.29 is 14.6 Å². The molecule has 2 heterocycles. The average Bonchev–Trinajstić information content (AvgIpc) is 3.16. The van der Waals surface area contributed by atoms with Gasteiger partial charge in [-0.2, -0.15) is 0 Å². The Labute approximate surface area is 127 Å². The van der Waals surface area contributed by atoms with Gasteiger partial charge >= 0.3 is 5.97 Å². The zero-order valence-electron chi connectivity index (χ0n) is 12.1. The lowest BCUT2D eigenvalue weighted by molar-refractivity contribution is -0.136. The summed E-state index contributed by atoms with van der Waals surface area (Å²) in [4.78, 5) is 10.7. The lowest BCUT2D eigenvalue weighted by Crippen LogP contribution is -2.11. The highest BCUT2D eigenvalue weighted by atomic mass is 16.5. The fraction of sp³-hybridized carbons (Fsp3) is 0.400. The molecule has 3 N–H and O–H groups in total. The zero-order chi connectivity index (χ0) is 15.5. The smallest absolute Gasteiger partial charge is 0.307 e. The normalized spacial score (nSPS) is 17.8. The van der Waals surface area contributed by atoms with E-state index in [0.717, 1.165) is 42.1 Å². The van der Waals surface area contributed by atoms with Crippen LogP contribution in [0.4, 0.5) is 0 Å². The molecule has 0 bridgehead atoms. The van der Waals surface area contributed by atoms with Gasteiger partial charge in [0.1, 0.15) is 11.8 Å². The molecule has 22 heavy (non-hydrogen) atoms. The lowest BCUT2D eigenvalue weighted by atomic mass is 10.1. The lowest BCUT2D eigenvalue weighted by Gasteiger charge is -2.13. The number of aliphatic carboxylic acids is 1. The monoisotopic (exact) mass is 302 g/mol. The van der Waals surface area contributed by atoms with Gasteiger partial charge in [-0.1, -0.05) is 17.3 Å². The van der Waals surface area contributed by atoms with Crippen LogP contribution in [0, 0.1) is 0 Å². The summed E-state index contributed by atoms with van der Waals surface area (Å²) in [6.07, 6.45) is 1.91. The number of aromatic nitrogens is 3. The summed E-state index contributed by atoms with van der Waals surface area (Å²) >= 11 is 0. The number of nitrogens with zero attached hydrogens (tertiary/aromatic N) is 3. The van der Waals surface area contributed by atoms with Crippen molar-refractivity contribution in [1.82, 2.24) is 15.0 Å². The number of ether oxygens (including phenoxy) is 1. The van der Waals surface area contributed by atoms with Gasteiger partial charge in [-0.25, -0.2) is 4.68 Å². The van der Waals surface area contributed by atoms with E-state index in [1.807, 2.05) is 12.1 Å². The van der Waals surface area contributed by atoms with Crippen LogP contribution in [0.3, 0.4) is 0 Å². The minimum absolute atomic E-state index is 0.00425. The first-order chi connectivity index (χ1) is 10.7. The number of nitrogens with two attached hydrogens (primary N) is 1. The van der Waals surface area contributed by atoms with Gasteiger partial charge in [-0.3, -0.25) is 4.79 Å². The standard InChI is InChI=1S/C15H18N4O3/c16-9-12-15(13-2-1-7-22-13)19(18-17-12)11-5-3-10(4-6-11)8-14(20)21/h3-6,13H,1-2,7-9,16H2,(H,20,21). The second-order valence-corrected chi connectivity index (χ2v) is 5.28. The third kappa shape index (κ3) is 2.86. The van der Waals surface area contributed by atoms with Crippen molar-refractivity contribution >= 4 is 5.97 Å². The highest BCUT2D eigenvalue weighted by Gasteiger charge is 2.26. The molecule has 0 spiro atoms. The maximum absolute atomic E-state index is 10.7. The van der Waals surface area contributed by atoms with Gasteiger partial charge < -0.3 is 15.6 Å². The van der Waals surface area contributed by atoms with Gasteiger partial charge in [-0.05, 0) is 30.5 Å². The SMILES string of the molecule is NCc1nnn(-c2ccc(CC(=O)O)cc2)c1C1CCCO1. The van der Waals surface area contributed by atoms with E-state index in [2.05, 4.69) is 10.3 Å². The summed E-state index contributed by atoms with van der Waals surface area (Å²) < 4.78 is 7.48. The molecule has 1 aromatic heterocycles. The maximum atomic E-state index is 10.7. The third-order valence-corrected chi connectivity index (χ3v) is 3.74. The van der Waals surface area contributed by atoms with E-state index in [0.29, 0.717) is 6.54 Å². The van der Waals surface area contributed by atoms with Crippen LogP contribution in [0.1, 0.15) is 35.9 Å². The number of hydrogen-bond acceptors (Lipinski definition) is 5. The molecule has 0 aliphatic carbocycles. The highest BCUT2D eigenvalue weighted by molar-refractivity contribution is 5.70. The van der Waals surface area contributed by atoms with Crippen LogP contribution in [0.25, 0.3) is 5.69 Å². The van der Waals surface area contributed by atoms with E-state index < -0.39 is 5.97 Å². The van der Waals surface area contributed by atoms with E-state index in [1.54, 1.807) is 16.8 Å². The molecule has 2 aromatic rings. The predicted octanol–water partition coefficient (Wildman–Crippen LogP) is 1.20. The second-order valence-electron chi connectivity index (χ2n) is 5.28. The molecule has 1 atom stereocenters. The predicted molar refractivity (Wildman–Crippen MR) is 78.5 cm³/mol. The summed E-state index contributed by atoms with van der Waals surface area (Å²) in [6.45, 7) is 1.05. The Kier molecular flexibility index (Phi) is 4.17. The molecule has 3 rings (SSSR count). The van der Waals surface area contributed by atoms with Crippen LogP contribution >= 0.6 is 0 Å². The molecule has 116 valence electrons. The van der Waals surface area contributed by atoms with Crippen molar-refractivity contribution in [2.75, 3.05) is 6.61 Å². The highest BCUT2D eigenvalue weighted by Crippen LogP contribution is 2.31. The number of carboxylic acids is 1. The molecule has 1 aromatic carbocycles. The Morgan fingerprint density at radius 2 is 2.18 bits per heavy atom. The minimum Gasteiger partial charge on any atom is -0.481 e. The summed E-state index contributed by atoms with van der Waals surface area (Å²) in [7, 11) is 0. The van der Waals surface area contributed by atoms with Crippen molar-refractivity contribution in [1.29, 1.82) is 0 Å². The molecule has 1 saturated heterocycles. The molecule has 1 aliphatic heterocycles. The number of carbonyl (C=O) groups is 1. The molecule has 7 heteroatoms. The maximum Gasteiger partial charge on any atom is 0.307 e. The first-order valence-electron chi connectivity index (χ1n) is 7.26. The Balaban J connectivity index is 1.94. The number of carboxylic acid groups (broad SMARTS) is 1. The first kappa shape index (κ1) is 14.7. The third-order valence-electron chi connectivity index (χ3n) is 3.74. The van der Waals surface area contributed by atoms with E-state index >= 15 is 0 Å². The Morgan fingerprint density at radius 1 is 1.41 bits per heavy atom. The molecular formula is C15H18N4O3. The van der Waals surface area contributed by atoms with Crippen LogP contribution in [0.2, 0.25) is 0 Å². The van der Waals surface area contributed by atoms with E-state index in [4.69, 9.17) is 15.6 Å². The molecule has 0 radical (unpaired) electrons. The topological polar surface area (TPSA) is 103 Å². The molecular weight excluding hydrogens is 284 g/mol. The molecule has 1 unspecified atom stereocenters. The number of hydrogen-bond donors (Lipinski definition) is 2. The van der Waals surface area contributed by atoms with E-state index in [9.17, 15) is 4.79 Å². The van der Waals surface area contributed by atoms with E-state index in [-0.39, 0.29) is 12.5 Å². The Bertz CT molecular complexity index is 660. The first-order valence-corrected chi connectivity index (χ1v) is 7.26. The van der Waals surface area contributed by atoms with Crippen molar-refractivity contribution in [2.24, 2.45) is 5.73 Å². The quantitative estimate of drug-likeness (QED) is 0.860. The van der Waals surface area contributed by atoms with Gasteiger partial charge in [0.25, 0.3) is 0 Å². The summed E-state index contributed by atoms with van der Waals surface area (Å²) in [5, 5.41) is 17.1. The van der Waals surface area contributed by atoms with Crippen LogP contribution < -0.4 is 5.73 Å². The summed E-state index contributed by atoms with van der Waals surface area (Å²) in [5.74, 6) is -0.848. The van der Waals surface area contributed by atoms with Gasteiger partial charge in [0.05, 0.1) is 17.8 Å². The molecule has 7 nitrogen and oxygen atoms in total. The largest absolute Gasteiger partial charge is 0.481 e. The second kappa shape index (κ2) is 6.25. The Morgan fingerprint density at radius 3 is 2.77 bits per heavy atom. The fourth-order valence-corrected chi connectivity index (χ4v) is 2.70. The minimum atomic E-state index is -0.848. The summed E-state index contributed by atoms with van der Waals surface area (Å²) in [5.41, 5.74) is 8.95. The van der Waals surface area contributed by atoms with Crippen LogP contribution in [-0.2, 0) is 22.5 Å². The van der Waals surface area contributed by atoms with Gasteiger partial charge in [0.15, 0.2) is 0 Å². The van der Waals surface area contributed by atoms with Gasteiger partial charge in [0.2, 0.25) is 0 Å². The number of rotatable bonds is 5. The van der Waals surface area contributed by atoms with Crippen molar-refractivity contribution in [2.45, 2.75) is 31.9 Å². The van der Waals surface area contributed by atoms with Gasteiger partial charge in [-0.15, -0.1) is 5.10 Å². The van der Waals surface area contributed by atoms with Crippen molar-refractivity contribution in [3.05, 3.63) is 41.2 Å². The van der Waals surface area contributed by atoms with Crippen LogP contribution in [0.5, 0.6) is 0 Å². The van der Waals surface area contributed by atoms with Crippen molar-refractivity contribution in [3.8, 4) is 5.69 Å². The van der Waals surface area contributed by atoms with Gasteiger partial charge in [0, 0.05) is 13.2 Å². The molecule has 0 amide bonds. The summed E-state index contributed by atoms with van der Waals surface area (Å²) in [6, 6.07) is 7.25. The van der Waals surface area contributed by atoms with Crippen LogP contribution in [-0.4, -0.2) is 32.7 Å². The molecule has 1 fully saturated rings. The zero-order valence-corrected chi connectivity index (χ0v) is 12.1. The van der Waals surface area contributed by atoms with Crippen molar-refractivity contribution in [3.63, 3.8) is 0 Å². The van der Waals surface area contributed by atoms with Crippen LogP contribution in [0.15, 0.2) is 24.3 Å². The number of benzene rings is 1. The molecule has 1 aliphatic rings. The van der Waals surface area contributed by atoms with E-state index in [1.165, 1.54) is 0 Å².